The van der Waals surface area contributed by atoms with Crippen molar-refractivity contribution in [1.82, 2.24) is 19.8 Å². The SMILES string of the molecule is Cc1cc(C(=O)NC(C)c2nc3cc(Cl)ccc3n2C)ccc1C(=O)N1CCCC1. The summed E-state index contributed by atoms with van der Waals surface area (Å²) >= 11 is 6.07. The Kier molecular flexibility index (Phi) is 5.52. The standard InChI is InChI=1S/C23H25ClN4O2/c1-14-12-16(6-8-18(14)23(30)28-10-4-5-11-28)22(29)25-15(2)21-26-19-13-17(24)7-9-20(19)27(21)3/h6-9,12-13,15H,4-5,10-11H2,1-3H3,(H,25,29). The van der Waals surface area contributed by atoms with E-state index in [0.717, 1.165) is 48.4 Å². The number of imidazole rings is 1. The number of hydrogen-bond donors (Lipinski definition) is 1. The second-order valence-electron chi connectivity index (χ2n) is 7.89. The molecule has 30 heavy (non-hydrogen) atoms. The monoisotopic (exact) mass is 424 g/mol. The van der Waals surface area contributed by atoms with Crippen molar-refractivity contribution in [2.24, 2.45) is 7.05 Å². The first-order chi connectivity index (χ1) is 14.3. The molecule has 1 aliphatic rings. The first-order valence-electron chi connectivity index (χ1n) is 10.2. The lowest BCUT2D eigenvalue weighted by Gasteiger charge is -2.18. The minimum absolute atomic E-state index is 0.0451. The summed E-state index contributed by atoms with van der Waals surface area (Å²) in [7, 11) is 1.92. The quantitative estimate of drug-likeness (QED) is 0.680. The van der Waals surface area contributed by atoms with Gasteiger partial charge in [0.05, 0.1) is 17.1 Å². The zero-order chi connectivity index (χ0) is 21.4. The van der Waals surface area contributed by atoms with E-state index in [9.17, 15) is 9.59 Å². The van der Waals surface area contributed by atoms with Crippen LogP contribution in [0, 0.1) is 6.92 Å². The van der Waals surface area contributed by atoms with Crippen LogP contribution in [-0.4, -0.2) is 39.4 Å². The molecule has 0 bridgehead atoms. The average Bonchev–Trinajstić information content (AvgIpc) is 3.35. The van der Waals surface area contributed by atoms with Crippen molar-refractivity contribution in [3.63, 3.8) is 0 Å². The fraction of sp³-hybridized carbons (Fsp3) is 0.348. The average molecular weight is 425 g/mol. The molecule has 1 saturated heterocycles. The second kappa shape index (κ2) is 8.11. The molecule has 0 saturated carbocycles. The number of fused-ring (bicyclic) bond motifs is 1. The van der Waals surface area contributed by atoms with Gasteiger partial charge in [0, 0.05) is 36.3 Å². The van der Waals surface area contributed by atoms with Gasteiger partial charge in [-0.3, -0.25) is 9.59 Å². The maximum Gasteiger partial charge on any atom is 0.254 e. The van der Waals surface area contributed by atoms with Crippen molar-refractivity contribution in [2.45, 2.75) is 32.7 Å². The van der Waals surface area contributed by atoms with Gasteiger partial charge in [-0.05, 0) is 68.7 Å². The molecular weight excluding hydrogens is 400 g/mol. The van der Waals surface area contributed by atoms with E-state index in [4.69, 9.17) is 11.6 Å². The number of benzene rings is 2. The largest absolute Gasteiger partial charge is 0.342 e. The van der Waals surface area contributed by atoms with Crippen molar-refractivity contribution in [3.05, 3.63) is 63.9 Å². The van der Waals surface area contributed by atoms with Crippen LogP contribution in [0.4, 0.5) is 0 Å². The number of likely N-dealkylation sites (tertiary alicyclic amines) is 1. The third kappa shape index (κ3) is 3.79. The number of rotatable bonds is 4. The van der Waals surface area contributed by atoms with Crippen LogP contribution in [0.3, 0.4) is 0 Å². The van der Waals surface area contributed by atoms with Gasteiger partial charge in [-0.1, -0.05) is 11.6 Å². The Labute approximate surface area is 180 Å². The van der Waals surface area contributed by atoms with E-state index in [1.54, 1.807) is 18.2 Å². The minimum atomic E-state index is -0.292. The summed E-state index contributed by atoms with van der Waals surface area (Å²) in [6.07, 6.45) is 2.11. The highest BCUT2D eigenvalue weighted by Crippen LogP contribution is 2.23. The van der Waals surface area contributed by atoms with Crippen molar-refractivity contribution in [1.29, 1.82) is 0 Å². The molecule has 1 unspecified atom stereocenters. The van der Waals surface area contributed by atoms with Crippen molar-refractivity contribution < 1.29 is 9.59 Å². The molecule has 0 aliphatic carbocycles. The van der Waals surface area contributed by atoms with Crippen molar-refractivity contribution in [2.75, 3.05) is 13.1 Å². The topological polar surface area (TPSA) is 67.2 Å². The van der Waals surface area contributed by atoms with Gasteiger partial charge in [0.15, 0.2) is 0 Å². The van der Waals surface area contributed by atoms with Gasteiger partial charge in [-0.15, -0.1) is 0 Å². The Hall–Kier alpha value is -2.86. The molecule has 7 heteroatoms. The number of aryl methyl sites for hydroxylation is 2. The zero-order valence-corrected chi connectivity index (χ0v) is 18.2. The maximum absolute atomic E-state index is 12.8. The fourth-order valence-corrected chi connectivity index (χ4v) is 4.23. The Morgan fingerprint density at radius 2 is 1.87 bits per heavy atom. The highest BCUT2D eigenvalue weighted by atomic mass is 35.5. The van der Waals surface area contributed by atoms with Crippen LogP contribution in [0.15, 0.2) is 36.4 Å². The number of nitrogens with one attached hydrogen (secondary N) is 1. The summed E-state index contributed by atoms with van der Waals surface area (Å²) in [5.41, 5.74) is 3.75. The van der Waals surface area contributed by atoms with Gasteiger partial charge in [0.1, 0.15) is 5.82 Å². The van der Waals surface area contributed by atoms with E-state index in [-0.39, 0.29) is 17.9 Å². The van der Waals surface area contributed by atoms with Crippen LogP contribution in [0.1, 0.15) is 57.9 Å². The van der Waals surface area contributed by atoms with Crippen LogP contribution >= 0.6 is 11.6 Å². The van der Waals surface area contributed by atoms with Crippen LogP contribution < -0.4 is 5.32 Å². The normalized spacial score (nSPS) is 14.9. The molecule has 2 amide bonds. The number of carbonyl (C=O) groups is 2. The van der Waals surface area contributed by atoms with E-state index in [1.807, 2.05) is 48.6 Å². The fourth-order valence-electron chi connectivity index (χ4n) is 4.06. The molecule has 2 aromatic carbocycles. The third-order valence-electron chi connectivity index (χ3n) is 5.72. The van der Waals surface area contributed by atoms with Gasteiger partial charge in [-0.2, -0.15) is 0 Å². The number of hydrogen-bond acceptors (Lipinski definition) is 3. The van der Waals surface area contributed by atoms with Crippen LogP contribution in [-0.2, 0) is 7.05 Å². The molecule has 1 fully saturated rings. The molecule has 156 valence electrons. The van der Waals surface area contributed by atoms with E-state index in [2.05, 4.69) is 10.3 Å². The van der Waals surface area contributed by atoms with Gasteiger partial charge in [-0.25, -0.2) is 4.98 Å². The van der Waals surface area contributed by atoms with Gasteiger partial charge < -0.3 is 14.8 Å². The van der Waals surface area contributed by atoms with E-state index >= 15 is 0 Å². The van der Waals surface area contributed by atoms with E-state index in [0.29, 0.717) is 16.1 Å². The molecule has 3 aromatic rings. The van der Waals surface area contributed by atoms with Gasteiger partial charge in [0.25, 0.3) is 11.8 Å². The predicted octanol–water partition coefficient (Wildman–Crippen LogP) is 4.26. The van der Waals surface area contributed by atoms with Crippen LogP contribution in [0.5, 0.6) is 0 Å². The number of carbonyl (C=O) groups excluding carboxylic acids is 2. The molecule has 0 spiro atoms. The zero-order valence-electron chi connectivity index (χ0n) is 17.4. The summed E-state index contributed by atoms with van der Waals surface area (Å²) in [4.78, 5) is 32.0. The van der Waals surface area contributed by atoms with Crippen molar-refractivity contribution in [3.8, 4) is 0 Å². The second-order valence-corrected chi connectivity index (χ2v) is 8.32. The Bertz CT molecular complexity index is 1130. The van der Waals surface area contributed by atoms with Crippen LogP contribution in [0.25, 0.3) is 11.0 Å². The Balaban J connectivity index is 1.51. The summed E-state index contributed by atoms with van der Waals surface area (Å²) in [6.45, 7) is 5.39. The Morgan fingerprint density at radius 3 is 2.57 bits per heavy atom. The molecule has 4 rings (SSSR count). The number of aromatic nitrogens is 2. The lowest BCUT2D eigenvalue weighted by molar-refractivity contribution is 0.0791. The third-order valence-corrected chi connectivity index (χ3v) is 5.96. The molecule has 0 radical (unpaired) electrons. The van der Waals surface area contributed by atoms with Gasteiger partial charge in [0.2, 0.25) is 0 Å². The van der Waals surface area contributed by atoms with Gasteiger partial charge >= 0.3 is 0 Å². The molecule has 1 atom stereocenters. The van der Waals surface area contributed by atoms with E-state index in [1.165, 1.54) is 0 Å². The molecule has 1 N–H and O–H groups in total. The lowest BCUT2D eigenvalue weighted by Crippen LogP contribution is -2.30. The first kappa shape index (κ1) is 20.4. The van der Waals surface area contributed by atoms with E-state index < -0.39 is 0 Å². The smallest absolute Gasteiger partial charge is 0.254 e. The number of halogens is 1. The highest BCUT2D eigenvalue weighted by Gasteiger charge is 2.22. The van der Waals surface area contributed by atoms with Crippen LogP contribution in [0.2, 0.25) is 5.02 Å². The number of nitrogens with zero attached hydrogens (tertiary/aromatic N) is 3. The minimum Gasteiger partial charge on any atom is -0.342 e. The molecular formula is C23H25ClN4O2. The summed E-state index contributed by atoms with van der Waals surface area (Å²) < 4.78 is 1.96. The lowest BCUT2D eigenvalue weighted by atomic mass is 10.0. The Morgan fingerprint density at radius 1 is 1.13 bits per heavy atom. The first-order valence-corrected chi connectivity index (χ1v) is 10.6. The highest BCUT2D eigenvalue weighted by molar-refractivity contribution is 6.31. The summed E-state index contributed by atoms with van der Waals surface area (Å²) in [6, 6.07) is 10.5. The predicted molar refractivity (Wildman–Crippen MR) is 118 cm³/mol. The molecule has 2 heterocycles. The van der Waals surface area contributed by atoms with Crippen molar-refractivity contribution >= 4 is 34.4 Å². The number of amides is 2. The molecule has 6 nitrogen and oxygen atoms in total. The summed E-state index contributed by atoms with van der Waals surface area (Å²) in [5, 5.41) is 3.64. The molecule has 1 aromatic heterocycles. The molecule has 1 aliphatic heterocycles. The summed E-state index contributed by atoms with van der Waals surface area (Å²) in [5.74, 6) is 0.595. The maximum atomic E-state index is 12.8.